The maximum Gasteiger partial charge on any atom is 0.435 e. The third-order valence-electron chi connectivity index (χ3n) is 5.03. The van der Waals surface area contributed by atoms with Crippen LogP contribution < -0.4 is 16.0 Å². The molecule has 0 radical (unpaired) electrons. The van der Waals surface area contributed by atoms with Crippen molar-refractivity contribution in [1.82, 2.24) is 0 Å². The highest BCUT2D eigenvalue weighted by atomic mass is 19.4. The lowest BCUT2D eigenvalue weighted by Gasteiger charge is -2.31. The van der Waals surface area contributed by atoms with E-state index < -0.39 is 54.7 Å². The van der Waals surface area contributed by atoms with Gasteiger partial charge in [-0.25, -0.2) is 22.8 Å². The second-order valence-corrected chi connectivity index (χ2v) is 8.06. The largest absolute Gasteiger partial charge is 0.443 e. The van der Waals surface area contributed by atoms with Crippen molar-refractivity contribution in [3.05, 3.63) is 53.1 Å². The van der Waals surface area contributed by atoms with Crippen LogP contribution in [0.25, 0.3) is 0 Å². The molecule has 0 spiro atoms. The Hall–Kier alpha value is -3.79. The molecule has 0 unspecified atom stereocenters. The molecule has 17 heteroatoms. The number of hydrogen-bond donors (Lipinski definition) is 3. The number of nitrogens with one attached hydrogen (secondary N) is 3. The van der Waals surface area contributed by atoms with Gasteiger partial charge in [-0.1, -0.05) is 18.2 Å². The van der Waals surface area contributed by atoms with E-state index in [0.717, 1.165) is 19.9 Å². The molecule has 0 saturated carbocycles. The molecule has 0 fully saturated rings. The topological polar surface area (TPSA) is 79.5 Å². The zero-order valence-corrected chi connectivity index (χ0v) is 19.6. The molecule has 2 aromatic carbocycles. The Morgan fingerprint density at radius 2 is 1.28 bits per heavy atom. The molecule has 0 aliphatic rings. The van der Waals surface area contributed by atoms with Gasteiger partial charge in [0.25, 0.3) is 0 Å². The molecule has 216 valence electrons. The van der Waals surface area contributed by atoms with Gasteiger partial charge in [0.15, 0.2) is 6.61 Å². The lowest BCUT2D eigenvalue weighted by Crippen LogP contribution is -2.50. The van der Waals surface area contributed by atoms with Crippen LogP contribution in [0.5, 0.6) is 0 Å². The molecule has 3 amide bonds. The van der Waals surface area contributed by atoms with E-state index in [2.05, 4.69) is 15.4 Å². The first-order valence-corrected chi connectivity index (χ1v) is 10.4. The van der Waals surface area contributed by atoms with Gasteiger partial charge in [0.2, 0.25) is 0 Å². The van der Waals surface area contributed by atoms with Crippen molar-refractivity contribution in [2.24, 2.45) is 0 Å². The number of anilines is 3. The van der Waals surface area contributed by atoms with Crippen LogP contribution in [0.1, 0.15) is 16.7 Å². The van der Waals surface area contributed by atoms with Crippen LogP contribution in [0.3, 0.4) is 0 Å². The molecule has 0 heterocycles. The first kappa shape index (κ1) is 31.4. The SMILES string of the molecule is Cc1cc(C(F)(C(F)(F)F)C(F)(F)F)cc(C)c1NC(=O)Nc1cccc(NC(=O)OCC(F)(F)C(F)F)c1. The number of aryl methyl sites for hydroxylation is 2. The van der Waals surface area contributed by atoms with E-state index in [4.69, 9.17) is 0 Å². The van der Waals surface area contributed by atoms with E-state index >= 15 is 0 Å². The molecule has 2 rings (SSSR count). The average molecular weight is 581 g/mol. The number of halogens is 11. The smallest absolute Gasteiger partial charge is 0.435 e. The summed E-state index contributed by atoms with van der Waals surface area (Å²) in [6, 6.07) is 4.29. The standard InChI is InChI=1S/C22H18F11N3O3/c1-10-6-12(20(27,21(28,29)30)22(31,32)33)7-11(2)15(10)36-17(37)34-13-4-3-5-14(8-13)35-18(38)39-9-19(25,26)16(23)24/h3-8,16H,9H2,1-2H3,(H,35,38)(H2,34,36,37). The first-order valence-electron chi connectivity index (χ1n) is 10.4. The Morgan fingerprint density at radius 3 is 1.74 bits per heavy atom. The molecule has 3 N–H and O–H groups in total. The molecule has 0 saturated heterocycles. The van der Waals surface area contributed by atoms with Crippen LogP contribution in [-0.4, -0.2) is 43.4 Å². The molecule has 0 bridgehead atoms. The monoisotopic (exact) mass is 581 g/mol. The van der Waals surface area contributed by atoms with Crippen molar-refractivity contribution < 1.29 is 62.6 Å². The van der Waals surface area contributed by atoms with E-state index in [1.807, 2.05) is 5.32 Å². The van der Waals surface area contributed by atoms with Crippen molar-refractivity contribution >= 4 is 29.2 Å². The lowest BCUT2D eigenvalue weighted by molar-refractivity contribution is -0.348. The van der Waals surface area contributed by atoms with Crippen LogP contribution in [0.4, 0.5) is 74.9 Å². The molecule has 0 aromatic heterocycles. The number of rotatable bonds is 7. The summed E-state index contributed by atoms with van der Waals surface area (Å²) in [6.45, 7) is 0.157. The van der Waals surface area contributed by atoms with Crippen molar-refractivity contribution in [2.75, 3.05) is 22.6 Å². The Morgan fingerprint density at radius 1 is 0.795 bits per heavy atom. The van der Waals surface area contributed by atoms with E-state index in [-0.39, 0.29) is 40.3 Å². The van der Waals surface area contributed by atoms with Crippen LogP contribution >= 0.6 is 0 Å². The quantitative estimate of drug-likeness (QED) is 0.294. The van der Waals surface area contributed by atoms with Gasteiger partial charge in [-0.15, -0.1) is 0 Å². The van der Waals surface area contributed by atoms with Crippen molar-refractivity contribution in [3.63, 3.8) is 0 Å². The number of benzene rings is 2. The van der Waals surface area contributed by atoms with Gasteiger partial charge in [0.05, 0.1) is 0 Å². The minimum absolute atomic E-state index is 0.0629. The number of urea groups is 1. The molecule has 2 aromatic rings. The zero-order valence-electron chi connectivity index (χ0n) is 19.6. The highest BCUT2D eigenvalue weighted by molar-refractivity contribution is 6.01. The van der Waals surface area contributed by atoms with Gasteiger partial charge in [-0.05, 0) is 43.2 Å². The lowest BCUT2D eigenvalue weighted by atomic mass is 9.90. The number of amides is 3. The predicted octanol–water partition coefficient (Wildman–Crippen LogP) is 7.69. The fourth-order valence-corrected chi connectivity index (χ4v) is 3.18. The summed E-state index contributed by atoms with van der Waals surface area (Å²) in [6.07, 6.45) is -18.3. The van der Waals surface area contributed by atoms with Crippen LogP contribution in [-0.2, 0) is 10.4 Å². The number of ether oxygens (including phenoxy) is 1. The van der Waals surface area contributed by atoms with Gasteiger partial charge in [0.1, 0.15) is 0 Å². The fraction of sp³-hybridized carbons (Fsp3) is 0.364. The Balaban J connectivity index is 2.16. The molecule has 39 heavy (non-hydrogen) atoms. The second kappa shape index (κ2) is 11.1. The minimum atomic E-state index is -6.33. The number of alkyl halides is 11. The second-order valence-electron chi connectivity index (χ2n) is 8.06. The number of carbonyl (C=O) groups is 2. The van der Waals surface area contributed by atoms with Gasteiger partial charge in [-0.3, -0.25) is 5.32 Å². The molecule has 0 aliphatic carbocycles. The normalized spacial score (nSPS) is 12.8. The Labute approximate surface area is 212 Å². The number of hydrogen-bond acceptors (Lipinski definition) is 3. The summed E-state index contributed by atoms with van der Waals surface area (Å²) in [4.78, 5) is 23.9. The van der Waals surface area contributed by atoms with Crippen molar-refractivity contribution in [1.29, 1.82) is 0 Å². The Bertz CT molecular complexity index is 1180. The van der Waals surface area contributed by atoms with E-state index in [1.54, 1.807) is 0 Å². The molecular weight excluding hydrogens is 563 g/mol. The van der Waals surface area contributed by atoms with Gasteiger partial charge < -0.3 is 15.4 Å². The predicted molar refractivity (Wildman–Crippen MR) is 116 cm³/mol. The highest BCUT2D eigenvalue weighted by Crippen LogP contribution is 2.53. The summed E-state index contributed by atoms with van der Waals surface area (Å²) >= 11 is 0. The molecule has 0 atom stereocenters. The van der Waals surface area contributed by atoms with Crippen LogP contribution in [0, 0.1) is 13.8 Å². The first-order chi connectivity index (χ1) is 17.7. The third kappa shape index (κ3) is 7.20. The van der Waals surface area contributed by atoms with Crippen LogP contribution in [0.15, 0.2) is 36.4 Å². The van der Waals surface area contributed by atoms with Gasteiger partial charge in [0, 0.05) is 22.6 Å². The summed E-state index contributed by atoms with van der Waals surface area (Å²) in [5.74, 6) is -4.58. The molecule has 0 aliphatic heterocycles. The Kier molecular flexibility index (Phi) is 8.97. The van der Waals surface area contributed by atoms with Gasteiger partial charge in [-0.2, -0.15) is 35.1 Å². The highest BCUT2D eigenvalue weighted by Gasteiger charge is 2.73. The maximum absolute atomic E-state index is 14.4. The average Bonchev–Trinajstić information content (AvgIpc) is 2.78. The molecular formula is C22H18F11N3O3. The van der Waals surface area contributed by atoms with Crippen LogP contribution in [0.2, 0.25) is 0 Å². The number of carbonyl (C=O) groups excluding carboxylic acids is 2. The van der Waals surface area contributed by atoms with E-state index in [1.165, 1.54) is 18.2 Å². The summed E-state index contributed by atoms with van der Waals surface area (Å²) in [5.41, 5.74) is -8.52. The van der Waals surface area contributed by atoms with E-state index in [0.29, 0.717) is 0 Å². The van der Waals surface area contributed by atoms with Crippen molar-refractivity contribution in [3.8, 4) is 0 Å². The van der Waals surface area contributed by atoms with Crippen molar-refractivity contribution in [2.45, 2.75) is 44.2 Å². The zero-order chi connectivity index (χ0) is 30.0. The summed E-state index contributed by atoms with van der Waals surface area (Å²) in [7, 11) is 0. The van der Waals surface area contributed by atoms with E-state index in [9.17, 15) is 57.9 Å². The third-order valence-corrected chi connectivity index (χ3v) is 5.03. The summed E-state index contributed by atoms with van der Waals surface area (Å²) < 4.78 is 147. The molecule has 6 nitrogen and oxygen atoms in total. The minimum Gasteiger partial charge on any atom is -0.443 e. The maximum atomic E-state index is 14.4. The summed E-state index contributed by atoms with van der Waals surface area (Å²) in [5, 5.41) is 6.37. The van der Waals surface area contributed by atoms with Gasteiger partial charge >= 0.3 is 42.5 Å². The fourth-order valence-electron chi connectivity index (χ4n) is 3.18.